The van der Waals surface area contributed by atoms with Crippen LogP contribution in [-0.4, -0.2) is 95.1 Å². The van der Waals surface area contributed by atoms with E-state index in [2.05, 4.69) is 31.4 Å². The number of aromatic nitrogens is 2. The van der Waals surface area contributed by atoms with Gasteiger partial charge in [-0.1, -0.05) is 11.6 Å². The van der Waals surface area contributed by atoms with Crippen LogP contribution in [0.1, 0.15) is 88.2 Å². The average Bonchev–Trinajstić information content (AvgIpc) is 3.04. The SMILES string of the molecule is CC(C)(C)OC(=O)N1CC2(CCN(C3CCN(c4ccc(C(=O)N[C@H]5CC[C@H](Oc6ccc(C#N)c(Cl)c6)CC5)nn4)CC3)CC2)C1. The van der Waals surface area contributed by atoms with E-state index in [1.54, 1.807) is 24.3 Å². The Morgan fingerprint density at radius 1 is 0.979 bits per heavy atom. The maximum Gasteiger partial charge on any atom is 0.410 e. The number of carbonyl (C=O) groups is 2. The van der Waals surface area contributed by atoms with Crippen molar-refractivity contribution >= 4 is 29.4 Å². The molecule has 3 aliphatic heterocycles. The van der Waals surface area contributed by atoms with E-state index in [1.165, 1.54) is 0 Å². The predicted molar refractivity (Wildman–Crippen MR) is 179 cm³/mol. The van der Waals surface area contributed by atoms with Gasteiger partial charge in [-0.05, 0) is 109 Å². The number of likely N-dealkylation sites (tertiary alicyclic amines) is 2. The van der Waals surface area contributed by atoms with Gasteiger partial charge in [-0.2, -0.15) is 5.26 Å². The fourth-order valence-corrected chi connectivity index (χ4v) is 7.62. The lowest BCUT2D eigenvalue weighted by molar-refractivity contribution is -0.0649. The molecule has 252 valence electrons. The Bertz CT molecular complexity index is 1460. The molecule has 0 atom stereocenters. The van der Waals surface area contributed by atoms with Gasteiger partial charge in [-0.25, -0.2) is 4.79 Å². The maximum absolute atomic E-state index is 12.9. The van der Waals surface area contributed by atoms with E-state index in [1.807, 2.05) is 31.7 Å². The van der Waals surface area contributed by atoms with Crippen molar-refractivity contribution in [3.8, 4) is 11.8 Å². The highest BCUT2D eigenvalue weighted by Gasteiger charge is 2.48. The Morgan fingerprint density at radius 2 is 1.68 bits per heavy atom. The molecular weight excluding hydrogens is 618 g/mol. The van der Waals surface area contributed by atoms with Crippen LogP contribution in [0.2, 0.25) is 5.02 Å². The van der Waals surface area contributed by atoms with Crippen molar-refractivity contribution < 1.29 is 19.1 Å². The lowest BCUT2D eigenvalue weighted by atomic mass is 9.72. The summed E-state index contributed by atoms with van der Waals surface area (Å²) in [6.07, 6.45) is 7.51. The van der Waals surface area contributed by atoms with Crippen molar-refractivity contribution in [1.82, 2.24) is 25.3 Å². The number of anilines is 1. The summed E-state index contributed by atoms with van der Waals surface area (Å²) in [5.41, 5.74) is 0.563. The Hall–Kier alpha value is -3.62. The van der Waals surface area contributed by atoms with Crippen LogP contribution in [0.5, 0.6) is 5.75 Å². The van der Waals surface area contributed by atoms with Crippen molar-refractivity contribution in [1.29, 1.82) is 5.26 Å². The molecule has 6 rings (SSSR count). The van der Waals surface area contributed by atoms with E-state index in [4.69, 9.17) is 26.3 Å². The Morgan fingerprint density at radius 3 is 2.28 bits per heavy atom. The molecule has 3 saturated heterocycles. The third-order valence-corrected chi connectivity index (χ3v) is 10.4. The lowest BCUT2D eigenvalue weighted by Gasteiger charge is -2.55. The number of piperidine rings is 2. The summed E-state index contributed by atoms with van der Waals surface area (Å²) in [5.74, 6) is 1.27. The second-order valence-electron chi connectivity index (χ2n) is 14.7. The van der Waals surface area contributed by atoms with Gasteiger partial charge in [0.25, 0.3) is 5.91 Å². The lowest BCUT2D eigenvalue weighted by Crippen LogP contribution is -2.63. The summed E-state index contributed by atoms with van der Waals surface area (Å²) in [4.78, 5) is 32.1. The van der Waals surface area contributed by atoms with Crippen LogP contribution >= 0.6 is 11.6 Å². The molecule has 1 saturated carbocycles. The van der Waals surface area contributed by atoms with Crippen molar-refractivity contribution in [3.05, 3.63) is 46.6 Å². The summed E-state index contributed by atoms with van der Waals surface area (Å²) in [6.45, 7) is 11.4. The molecular formula is C35H46ClN7O4. The number of benzene rings is 1. The summed E-state index contributed by atoms with van der Waals surface area (Å²) in [7, 11) is 0. The van der Waals surface area contributed by atoms with Gasteiger partial charge in [0.2, 0.25) is 0 Å². The second-order valence-corrected chi connectivity index (χ2v) is 15.1. The first-order chi connectivity index (χ1) is 22.5. The van der Waals surface area contributed by atoms with Crippen LogP contribution in [0.4, 0.5) is 10.6 Å². The van der Waals surface area contributed by atoms with E-state index in [-0.39, 0.29) is 29.6 Å². The highest BCUT2D eigenvalue weighted by atomic mass is 35.5. The monoisotopic (exact) mass is 663 g/mol. The predicted octanol–water partition coefficient (Wildman–Crippen LogP) is 5.42. The number of amides is 2. The average molecular weight is 664 g/mol. The topological polar surface area (TPSA) is 124 Å². The molecule has 4 aliphatic rings. The molecule has 2 amide bonds. The number of nitrogens with one attached hydrogen (secondary N) is 1. The maximum atomic E-state index is 12.9. The van der Waals surface area contributed by atoms with E-state index in [9.17, 15) is 9.59 Å². The summed E-state index contributed by atoms with van der Waals surface area (Å²) in [5, 5.41) is 21.3. The van der Waals surface area contributed by atoms with E-state index >= 15 is 0 Å². The van der Waals surface area contributed by atoms with Crippen LogP contribution < -0.4 is 15.0 Å². The van der Waals surface area contributed by atoms with Crippen LogP contribution in [-0.2, 0) is 4.74 Å². The molecule has 4 heterocycles. The minimum atomic E-state index is -0.455. The zero-order valence-corrected chi connectivity index (χ0v) is 28.5. The number of rotatable bonds is 6. The molecule has 1 aromatic heterocycles. The summed E-state index contributed by atoms with van der Waals surface area (Å²) >= 11 is 6.13. The number of hydrogen-bond acceptors (Lipinski definition) is 9. The first-order valence-electron chi connectivity index (χ1n) is 17.0. The van der Waals surface area contributed by atoms with E-state index in [0.717, 1.165) is 96.5 Å². The van der Waals surface area contributed by atoms with Gasteiger partial charge in [0.05, 0.1) is 16.7 Å². The first kappa shape index (κ1) is 33.3. The minimum Gasteiger partial charge on any atom is -0.490 e. The quantitative estimate of drug-likeness (QED) is 0.431. The van der Waals surface area contributed by atoms with Crippen LogP contribution in [0.15, 0.2) is 30.3 Å². The molecule has 1 aromatic carbocycles. The number of ether oxygens (including phenoxy) is 2. The van der Waals surface area contributed by atoms with E-state index < -0.39 is 5.60 Å². The molecule has 1 aliphatic carbocycles. The molecule has 1 spiro atoms. The largest absolute Gasteiger partial charge is 0.490 e. The smallest absolute Gasteiger partial charge is 0.410 e. The van der Waals surface area contributed by atoms with E-state index in [0.29, 0.717) is 28.1 Å². The van der Waals surface area contributed by atoms with Gasteiger partial charge < -0.3 is 29.5 Å². The zero-order chi connectivity index (χ0) is 33.2. The molecule has 0 bridgehead atoms. The van der Waals surface area contributed by atoms with Gasteiger partial charge >= 0.3 is 6.09 Å². The fourth-order valence-electron chi connectivity index (χ4n) is 7.41. The Labute approximate surface area is 282 Å². The molecule has 12 heteroatoms. The summed E-state index contributed by atoms with van der Waals surface area (Å²) < 4.78 is 11.6. The Kier molecular flexibility index (Phi) is 9.81. The van der Waals surface area contributed by atoms with Gasteiger partial charge in [-0.3, -0.25) is 4.79 Å². The van der Waals surface area contributed by atoms with Gasteiger partial charge in [0.15, 0.2) is 11.5 Å². The zero-order valence-electron chi connectivity index (χ0n) is 27.7. The van der Waals surface area contributed by atoms with Gasteiger partial charge in [-0.15, -0.1) is 10.2 Å². The minimum absolute atomic E-state index is 0.0430. The Balaban J connectivity index is 0.895. The molecule has 0 radical (unpaired) electrons. The van der Waals surface area contributed by atoms with Crippen LogP contribution in [0.25, 0.3) is 0 Å². The molecule has 0 unspecified atom stereocenters. The second kappa shape index (κ2) is 13.9. The highest BCUT2D eigenvalue weighted by molar-refractivity contribution is 6.31. The molecule has 2 aromatic rings. The number of halogens is 1. The molecule has 4 fully saturated rings. The van der Waals surface area contributed by atoms with Crippen molar-refractivity contribution in [2.45, 2.75) is 95.9 Å². The number of nitriles is 1. The van der Waals surface area contributed by atoms with Gasteiger partial charge in [0.1, 0.15) is 17.4 Å². The van der Waals surface area contributed by atoms with Gasteiger partial charge in [0, 0.05) is 49.7 Å². The third kappa shape index (κ3) is 8.10. The van der Waals surface area contributed by atoms with Crippen molar-refractivity contribution in [2.75, 3.05) is 44.2 Å². The fraction of sp³-hybridized carbons (Fsp3) is 0.629. The summed E-state index contributed by atoms with van der Waals surface area (Å²) in [6, 6.07) is 11.5. The molecule has 11 nitrogen and oxygen atoms in total. The van der Waals surface area contributed by atoms with Crippen molar-refractivity contribution in [2.24, 2.45) is 5.41 Å². The molecule has 1 N–H and O–H groups in total. The highest BCUT2D eigenvalue weighted by Crippen LogP contribution is 2.42. The number of hydrogen-bond donors (Lipinski definition) is 1. The standard InChI is InChI=1S/C35H46ClN7O4/c1-34(2,3)47-33(45)43-22-35(23-43)14-18-41(19-15-35)26-12-16-42(17-13-26)31-11-10-30(39-40-31)32(44)38-25-5-8-27(9-6-25)46-28-7-4-24(21-37)29(36)20-28/h4,7,10-11,20,25-27H,5-6,8-9,12-19,22-23H2,1-3H3,(H,38,44)/t25-,27-. The normalized spacial score (nSPS) is 23.5. The number of nitrogens with zero attached hydrogens (tertiary/aromatic N) is 6. The third-order valence-electron chi connectivity index (χ3n) is 10.1. The van der Waals surface area contributed by atoms with Crippen LogP contribution in [0, 0.1) is 16.7 Å². The number of carbonyl (C=O) groups excluding carboxylic acids is 2. The van der Waals surface area contributed by atoms with Crippen molar-refractivity contribution in [3.63, 3.8) is 0 Å². The van der Waals surface area contributed by atoms with Crippen LogP contribution in [0.3, 0.4) is 0 Å². The first-order valence-corrected chi connectivity index (χ1v) is 17.3. The molecule has 47 heavy (non-hydrogen) atoms.